The third-order valence-electron chi connectivity index (χ3n) is 0.850. The zero-order valence-corrected chi connectivity index (χ0v) is 4.82. The van der Waals surface area contributed by atoms with Gasteiger partial charge in [0.25, 0.3) is 0 Å². The molecule has 42 valence electrons. The Labute approximate surface area is 47.5 Å². The summed E-state index contributed by atoms with van der Waals surface area (Å²) in [4.78, 5) is 10.7. The summed E-state index contributed by atoms with van der Waals surface area (Å²) >= 11 is 0. The van der Waals surface area contributed by atoms with Crippen LogP contribution in [0.5, 0.6) is 0 Å². The van der Waals surface area contributed by atoms with E-state index in [4.69, 9.17) is 2.74 Å². The number of carbonyl (C=O) groups is 1. The third kappa shape index (κ3) is 2.38. The number of Topliss-reactive ketones (excluding diaryl/α,β-unsaturated/α-hetero) is 1. The number of carbonyl (C=O) groups excluding carboxylic acids is 1. The molecule has 0 bridgehead atoms. The predicted molar refractivity (Wildman–Crippen MR) is 30.1 cm³/mol. The van der Waals surface area contributed by atoms with E-state index in [0.29, 0.717) is 0 Å². The number of ketones is 1. The molecule has 0 aliphatic carbocycles. The summed E-state index contributed by atoms with van der Waals surface area (Å²) in [5.41, 5.74) is -0.722. The van der Waals surface area contributed by atoms with Crippen molar-refractivity contribution >= 4 is 5.78 Å². The van der Waals surface area contributed by atoms with Gasteiger partial charge in [-0.05, 0) is 6.92 Å². The molecule has 0 radical (unpaired) electrons. The Kier molecular flexibility index (Phi) is 0.857. The molecular formula is C6H12O. The molecular weight excluding hydrogens is 88.1 g/mol. The van der Waals surface area contributed by atoms with Gasteiger partial charge in [-0.2, -0.15) is 0 Å². The monoisotopic (exact) mass is 102 g/mol. The second-order valence-electron chi connectivity index (χ2n) is 2.12. The molecule has 0 fully saturated rings. The van der Waals surface area contributed by atoms with Crippen LogP contribution >= 0.6 is 0 Å². The van der Waals surface area contributed by atoms with Crippen molar-refractivity contribution in [3.63, 3.8) is 0 Å². The average molecular weight is 102 g/mol. The molecule has 0 spiro atoms. The largest absolute Gasteiger partial charge is 0.299 e. The minimum Gasteiger partial charge on any atom is -0.299 e. The van der Waals surface area contributed by atoms with Gasteiger partial charge in [-0.25, -0.2) is 0 Å². The highest BCUT2D eigenvalue weighted by molar-refractivity contribution is 5.80. The smallest absolute Gasteiger partial charge is 0.135 e. The van der Waals surface area contributed by atoms with Crippen molar-refractivity contribution in [1.82, 2.24) is 0 Å². The first-order valence-corrected chi connectivity index (χ1v) is 2.16. The maximum absolute atomic E-state index is 10.7. The number of rotatable bonds is 0. The van der Waals surface area contributed by atoms with E-state index in [-0.39, 0.29) is 19.6 Å². The first-order chi connectivity index (χ1) is 4.06. The minimum absolute atomic E-state index is 0.0197. The lowest BCUT2D eigenvalue weighted by atomic mass is 9.92. The van der Waals surface area contributed by atoms with Crippen LogP contribution in [0.2, 0.25) is 0 Å². The van der Waals surface area contributed by atoms with Gasteiger partial charge >= 0.3 is 0 Å². The van der Waals surface area contributed by atoms with Crippen LogP contribution in [0.25, 0.3) is 0 Å². The van der Waals surface area contributed by atoms with Crippen LogP contribution in [0.1, 0.15) is 30.4 Å². The van der Waals surface area contributed by atoms with Gasteiger partial charge in [-0.15, -0.1) is 0 Å². The third-order valence-corrected chi connectivity index (χ3v) is 0.850. The summed E-state index contributed by atoms with van der Waals surface area (Å²) < 4.78 is 13.9. The first-order valence-electron chi connectivity index (χ1n) is 3.58. The van der Waals surface area contributed by atoms with Crippen LogP contribution in [0, 0.1) is 5.41 Å². The van der Waals surface area contributed by atoms with Gasteiger partial charge in [0.05, 0.1) is 0 Å². The summed E-state index contributed by atoms with van der Waals surface area (Å²) in [5, 5.41) is 0. The van der Waals surface area contributed by atoms with Gasteiger partial charge in [0.15, 0.2) is 0 Å². The Morgan fingerprint density at radius 1 is 1.71 bits per heavy atom. The van der Waals surface area contributed by atoms with E-state index in [2.05, 4.69) is 0 Å². The Morgan fingerprint density at radius 2 is 2.14 bits per heavy atom. The second kappa shape index (κ2) is 1.65. The molecule has 0 aromatic rings. The summed E-state index contributed by atoms with van der Waals surface area (Å²) in [6, 6.07) is 0. The fourth-order valence-corrected chi connectivity index (χ4v) is 0. The van der Waals surface area contributed by atoms with E-state index in [1.54, 1.807) is 6.92 Å². The van der Waals surface area contributed by atoms with Crippen LogP contribution in [0.3, 0.4) is 0 Å². The van der Waals surface area contributed by atoms with Crippen LogP contribution in [0.15, 0.2) is 0 Å². The van der Waals surface area contributed by atoms with Crippen molar-refractivity contribution in [2.45, 2.75) is 27.6 Å². The number of hydrogen-bond donors (Lipinski definition) is 0. The van der Waals surface area contributed by atoms with Gasteiger partial charge in [0.1, 0.15) is 5.78 Å². The first kappa shape index (κ1) is 3.65. The molecule has 0 saturated carbocycles. The second-order valence-corrected chi connectivity index (χ2v) is 2.12. The average Bonchev–Trinajstić information content (AvgIpc) is 1.86. The van der Waals surface area contributed by atoms with Gasteiger partial charge in [0, 0.05) is 8.16 Å². The van der Waals surface area contributed by atoms with E-state index >= 15 is 0 Å². The van der Waals surface area contributed by atoms with E-state index in [1.165, 1.54) is 6.92 Å². The van der Waals surface area contributed by atoms with Crippen LogP contribution in [-0.2, 0) is 4.79 Å². The molecule has 0 aliphatic rings. The molecule has 0 amide bonds. The minimum atomic E-state index is -0.722. The molecule has 1 nitrogen and oxygen atoms in total. The molecule has 7 heavy (non-hydrogen) atoms. The van der Waals surface area contributed by atoms with Gasteiger partial charge in [-0.1, -0.05) is 20.7 Å². The summed E-state index contributed by atoms with van der Waals surface area (Å²) in [6.45, 7) is 3.12. The fraction of sp³-hybridized carbons (Fsp3) is 0.833. The molecule has 0 rings (SSSR count). The van der Waals surface area contributed by atoms with Crippen molar-refractivity contribution < 1.29 is 7.54 Å². The van der Waals surface area contributed by atoms with Crippen LogP contribution in [0.4, 0.5) is 0 Å². The zero-order chi connectivity index (χ0) is 7.49. The normalized spacial score (nSPS) is 15.1. The fourth-order valence-electron chi connectivity index (χ4n) is 0. The molecule has 0 saturated heterocycles. The summed E-state index contributed by atoms with van der Waals surface area (Å²) in [6.07, 6.45) is 0. The van der Waals surface area contributed by atoms with E-state index in [1.807, 2.05) is 0 Å². The highest BCUT2D eigenvalue weighted by Crippen LogP contribution is 2.12. The molecule has 0 heterocycles. The lowest BCUT2D eigenvalue weighted by Gasteiger charge is -2.11. The Balaban J connectivity index is 4.09. The van der Waals surface area contributed by atoms with Crippen molar-refractivity contribution in [2.24, 2.45) is 5.41 Å². The summed E-state index contributed by atoms with van der Waals surface area (Å²) in [5.74, 6) is -0.0625. The zero-order valence-electron chi connectivity index (χ0n) is 6.82. The molecule has 1 heteroatoms. The van der Waals surface area contributed by atoms with E-state index in [0.717, 1.165) is 0 Å². The lowest BCUT2D eigenvalue weighted by molar-refractivity contribution is -0.124. The molecule has 0 atom stereocenters. The number of hydrogen-bond acceptors (Lipinski definition) is 1. The van der Waals surface area contributed by atoms with Crippen LogP contribution in [-0.4, -0.2) is 5.78 Å². The van der Waals surface area contributed by atoms with Gasteiger partial charge < -0.3 is 0 Å². The lowest BCUT2D eigenvalue weighted by Crippen LogP contribution is -2.15. The van der Waals surface area contributed by atoms with Crippen LogP contribution < -0.4 is 0 Å². The molecule has 0 aliphatic heterocycles. The Hall–Kier alpha value is -0.330. The Bertz CT molecular complexity index is 108. The topological polar surface area (TPSA) is 17.1 Å². The molecule has 0 unspecified atom stereocenters. The van der Waals surface area contributed by atoms with Crippen molar-refractivity contribution in [3.8, 4) is 0 Å². The van der Waals surface area contributed by atoms with Crippen molar-refractivity contribution in [2.75, 3.05) is 0 Å². The summed E-state index contributed by atoms with van der Waals surface area (Å²) in [7, 11) is 0. The molecule has 0 aromatic carbocycles. The van der Waals surface area contributed by atoms with E-state index in [9.17, 15) is 4.79 Å². The molecule has 0 aromatic heterocycles. The van der Waals surface area contributed by atoms with Gasteiger partial charge in [0.2, 0.25) is 0 Å². The standard InChI is InChI=1S/C6H12O/c1-5(7)6(2,3)4/h1-4H3/i2D,3D. The van der Waals surface area contributed by atoms with Crippen molar-refractivity contribution in [3.05, 3.63) is 0 Å². The molecule has 0 N–H and O–H groups in total. The maximum Gasteiger partial charge on any atom is 0.135 e. The highest BCUT2D eigenvalue weighted by Gasteiger charge is 2.14. The Morgan fingerprint density at radius 3 is 2.14 bits per heavy atom. The predicted octanol–water partition coefficient (Wildman–Crippen LogP) is 1.62. The van der Waals surface area contributed by atoms with Gasteiger partial charge in [-0.3, -0.25) is 4.79 Å². The van der Waals surface area contributed by atoms with E-state index < -0.39 is 5.41 Å². The highest BCUT2D eigenvalue weighted by atomic mass is 16.1. The SMILES string of the molecule is [2H]CC(C)(C[2H])C(C)=O. The quantitative estimate of drug-likeness (QED) is 0.454. The maximum atomic E-state index is 10.7. The van der Waals surface area contributed by atoms with Crippen molar-refractivity contribution in [1.29, 1.82) is 0 Å².